The molecule has 7 nitrogen and oxygen atoms in total. The van der Waals surface area contributed by atoms with Gasteiger partial charge in [0, 0.05) is 19.2 Å². The van der Waals surface area contributed by atoms with Gasteiger partial charge in [-0.3, -0.25) is 0 Å². The lowest BCUT2D eigenvalue weighted by atomic mass is 10.3. The molecule has 0 bridgehead atoms. The topological polar surface area (TPSA) is 87.4 Å². The second kappa shape index (κ2) is 4.76. The number of nitrogens with zero attached hydrogens (tertiary/aromatic N) is 6. The van der Waals surface area contributed by atoms with Crippen molar-refractivity contribution < 1.29 is 4.39 Å². The predicted octanol–water partition coefficient (Wildman–Crippen LogP) is 1.60. The van der Waals surface area contributed by atoms with Gasteiger partial charge in [0.25, 0.3) is 0 Å². The van der Waals surface area contributed by atoms with Crippen LogP contribution in [0.1, 0.15) is 0 Å². The number of nitrogens with two attached hydrogens (primary N) is 1. The fourth-order valence-corrected chi connectivity index (χ4v) is 2.49. The van der Waals surface area contributed by atoms with Crippen molar-refractivity contribution in [1.82, 2.24) is 29.1 Å². The molecule has 110 valence electrons. The molecular weight excluding hydrogens is 285 g/mol. The summed E-state index contributed by atoms with van der Waals surface area (Å²) in [6, 6.07) is 4.58. The molecule has 0 saturated carbocycles. The van der Waals surface area contributed by atoms with Crippen molar-refractivity contribution in [2.75, 3.05) is 5.73 Å². The first-order chi connectivity index (χ1) is 10.7. The van der Waals surface area contributed by atoms with Gasteiger partial charge < -0.3 is 14.9 Å². The summed E-state index contributed by atoms with van der Waals surface area (Å²) < 4.78 is 17.0. The van der Waals surface area contributed by atoms with Crippen LogP contribution >= 0.6 is 0 Å². The first kappa shape index (κ1) is 12.7. The molecule has 0 radical (unpaired) electrons. The van der Waals surface area contributed by atoms with Gasteiger partial charge in [-0.2, -0.15) is 0 Å². The van der Waals surface area contributed by atoms with Crippen molar-refractivity contribution in [3.05, 3.63) is 43.0 Å². The molecule has 0 aliphatic carbocycles. The van der Waals surface area contributed by atoms with E-state index < -0.39 is 0 Å². The average molecular weight is 297 g/mol. The molecule has 0 atom stereocenters. The molecule has 3 heterocycles. The normalized spacial score (nSPS) is 11.5. The van der Waals surface area contributed by atoms with E-state index >= 15 is 0 Å². The summed E-state index contributed by atoms with van der Waals surface area (Å²) >= 11 is 0. The van der Waals surface area contributed by atoms with E-state index in [0.717, 1.165) is 5.52 Å². The van der Waals surface area contributed by atoms with Gasteiger partial charge in [-0.25, -0.2) is 24.3 Å². The van der Waals surface area contributed by atoms with Crippen LogP contribution in [0.25, 0.3) is 22.2 Å². The number of imidazole rings is 2. The zero-order chi connectivity index (χ0) is 15.1. The van der Waals surface area contributed by atoms with E-state index in [1.54, 1.807) is 18.7 Å². The number of anilines is 1. The van der Waals surface area contributed by atoms with Crippen LogP contribution in [-0.2, 0) is 13.1 Å². The Bertz CT molecular complexity index is 972. The van der Waals surface area contributed by atoms with E-state index in [2.05, 4.69) is 19.9 Å². The molecule has 0 amide bonds. The van der Waals surface area contributed by atoms with Gasteiger partial charge in [0.05, 0.1) is 23.7 Å². The van der Waals surface area contributed by atoms with Gasteiger partial charge in [0.2, 0.25) is 0 Å². The fourth-order valence-electron chi connectivity index (χ4n) is 2.49. The quantitative estimate of drug-likeness (QED) is 0.620. The monoisotopic (exact) mass is 297 g/mol. The average Bonchev–Trinajstić information content (AvgIpc) is 3.09. The second-order valence-electron chi connectivity index (χ2n) is 4.94. The van der Waals surface area contributed by atoms with Crippen LogP contribution in [0.2, 0.25) is 0 Å². The van der Waals surface area contributed by atoms with E-state index in [0.29, 0.717) is 35.6 Å². The SMILES string of the molecule is Nc1ncnc2c1ncn2CCn1cnc2cc(F)ccc21. The molecule has 4 rings (SSSR count). The largest absolute Gasteiger partial charge is 0.382 e. The second-order valence-corrected chi connectivity index (χ2v) is 4.94. The molecular formula is C14H12FN7. The summed E-state index contributed by atoms with van der Waals surface area (Å²) in [6.07, 6.45) is 4.81. The van der Waals surface area contributed by atoms with Crippen molar-refractivity contribution in [1.29, 1.82) is 0 Å². The highest BCUT2D eigenvalue weighted by atomic mass is 19.1. The molecule has 0 aliphatic rings. The van der Waals surface area contributed by atoms with Crippen LogP contribution in [0.15, 0.2) is 37.2 Å². The lowest BCUT2D eigenvalue weighted by Crippen LogP contribution is -2.06. The minimum absolute atomic E-state index is 0.287. The first-order valence-corrected chi connectivity index (χ1v) is 6.74. The van der Waals surface area contributed by atoms with Crippen LogP contribution in [-0.4, -0.2) is 29.1 Å². The van der Waals surface area contributed by atoms with E-state index in [9.17, 15) is 4.39 Å². The van der Waals surface area contributed by atoms with Crippen LogP contribution in [0.5, 0.6) is 0 Å². The number of aromatic nitrogens is 6. The minimum atomic E-state index is -0.287. The zero-order valence-corrected chi connectivity index (χ0v) is 11.5. The molecule has 22 heavy (non-hydrogen) atoms. The maximum absolute atomic E-state index is 13.2. The highest BCUT2D eigenvalue weighted by Gasteiger charge is 2.08. The van der Waals surface area contributed by atoms with E-state index in [1.165, 1.54) is 18.5 Å². The third kappa shape index (κ3) is 1.96. The number of hydrogen-bond acceptors (Lipinski definition) is 5. The van der Waals surface area contributed by atoms with Crippen molar-refractivity contribution in [3.8, 4) is 0 Å². The number of hydrogen-bond donors (Lipinski definition) is 1. The van der Waals surface area contributed by atoms with Gasteiger partial charge in [0.1, 0.15) is 17.7 Å². The lowest BCUT2D eigenvalue weighted by molar-refractivity contribution is 0.596. The number of benzene rings is 1. The Kier molecular flexibility index (Phi) is 2.75. The number of rotatable bonds is 3. The van der Waals surface area contributed by atoms with Crippen molar-refractivity contribution in [2.45, 2.75) is 13.1 Å². The van der Waals surface area contributed by atoms with Gasteiger partial charge in [-0.05, 0) is 12.1 Å². The Hall–Kier alpha value is -3.03. The van der Waals surface area contributed by atoms with E-state index in [-0.39, 0.29) is 5.82 Å². The summed E-state index contributed by atoms with van der Waals surface area (Å²) in [5.74, 6) is 0.0813. The van der Waals surface area contributed by atoms with Gasteiger partial charge in [-0.15, -0.1) is 0 Å². The van der Waals surface area contributed by atoms with Crippen molar-refractivity contribution in [2.24, 2.45) is 0 Å². The molecule has 0 fully saturated rings. The van der Waals surface area contributed by atoms with Crippen LogP contribution in [0.3, 0.4) is 0 Å². The fraction of sp³-hybridized carbons (Fsp3) is 0.143. The maximum atomic E-state index is 13.2. The Labute approximate surface area is 124 Å². The molecule has 0 unspecified atom stereocenters. The molecule has 8 heteroatoms. The first-order valence-electron chi connectivity index (χ1n) is 6.74. The number of nitrogen functional groups attached to an aromatic ring is 1. The van der Waals surface area contributed by atoms with Crippen LogP contribution < -0.4 is 5.73 Å². The summed E-state index contributed by atoms with van der Waals surface area (Å²) in [5.41, 5.74) is 8.60. The Morgan fingerprint density at radius 2 is 1.82 bits per heavy atom. The lowest BCUT2D eigenvalue weighted by Gasteiger charge is -2.06. The number of aryl methyl sites for hydroxylation is 2. The van der Waals surface area contributed by atoms with Crippen LogP contribution in [0.4, 0.5) is 10.2 Å². The molecule has 3 aromatic heterocycles. The highest BCUT2D eigenvalue weighted by molar-refractivity contribution is 5.81. The Balaban J connectivity index is 1.64. The summed E-state index contributed by atoms with van der Waals surface area (Å²) in [6.45, 7) is 1.31. The molecule has 4 aromatic rings. The molecule has 2 N–H and O–H groups in total. The summed E-state index contributed by atoms with van der Waals surface area (Å²) in [7, 11) is 0. The highest BCUT2D eigenvalue weighted by Crippen LogP contribution is 2.16. The van der Waals surface area contributed by atoms with Crippen molar-refractivity contribution in [3.63, 3.8) is 0 Å². The maximum Gasteiger partial charge on any atom is 0.165 e. The molecule has 1 aromatic carbocycles. The molecule has 0 saturated heterocycles. The number of fused-ring (bicyclic) bond motifs is 2. The summed E-state index contributed by atoms with van der Waals surface area (Å²) in [5, 5.41) is 0. The smallest absolute Gasteiger partial charge is 0.165 e. The van der Waals surface area contributed by atoms with E-state index in [1.807, 2.05) is 9.13 Å². The molecule has 0 aliphatic heterocycles. The summed E-state index contributed by atoms with van der Waals surface area (Å²) in [4.78, 5) is 16.6. The van der Waals surface area contributed by atoms with Crippen molar-refractivity contribution >= 4 is 28.0 Å². The third-order valence-corrected chi connectivity index (χ3v) is 3.59. The van der Waals surface area contributed by atoms with Gasteiger partial charge in [-0.1, -0.05) is 0 Å². The van der Waals surface area contributed by atoms with Gasteiger partial charge >= 0.3 is 0 Å². The van der Waals surface area contributed by atoms with Crippen LogP contribution in [0, 0.1) is 5.82 Å². The standard InChI is InChI=1S/C14H12FN7/c15-9-1-2-11-10(5-9)19-7-21(11)3-4-22-8-20-12-13(16)17-6-18-14(12)22/h1-2,5-8H,3-4H2,(H2,16,17,18). The predicted molar refractivity (Wildman–Crippen MR) is 79.4 cm³/mol. The van der Waals surface area contributed by atoms with Gasteiger partial charge in [0.15, 0.2) is 11.5 Å². The minimum Gasteiger partial charge on any atom is -0.382 e. The van der Waals surface area contributed by atoms with E-state index in [4.69, 9.17) is 5.73 Å². The number of halogens is 1. The Morgan fingerprint density at radius 1 is 1.00 bits per heavy atom. The molecule has 0 spiro atoms. The zero-order valence-electron chi connectivity index (χ0n) is 11.5. The third-order valence-electron chi connectivity index (χ3n) is 3.59. The Morgan fingerprint density at radius 3 is 2.73 bits per heavy atom.